The number of hydrogen-bond acceptors (Lipinski definition) is 5. The van der Waals surface area contributed by atoms with E-state index in [9.17, 15) is 9.18 Å². The Labute approximate surface area is 149 Å². The zero-order valence-corrected chi connectivity index (χ0v) is 13.9. The van der Waals surface area contributed by atoms with Crippen molar-refractivity contribution in [1.29, 1.82) is 0 Å². The predicted molar refractivity (Wildman–Crippen MR) is 95.5 cm³/mol. The number of hydrazone groups is 1. The largest absolute Gasteiger partial charge is 0.497 e. The predicted octanol–water partition coefficient (Wildman–Crippen LogP) is 3.06. The zero-order valence-electron chi connectivity index (χ0n) is 13.9. The average Bonchev–Trinajstić information content (AvgIpc) is 2.69. The first kappa shape index (κ1) is 17.2. The molecule has 0 aliphatic rings. The summed E-state index contributed by atoms with van der Waals surface area (Å²) in [5, 5.41) is 3.84. The maximum absolute atomic E-state index is 12.8. The van der Waals surface area contributed by atoms with E-state index < -0.39 is 5.91 Å². The van der Waals surface area contributed by atoms with E-state index >= 15 is 0 Å². The zero-order chi connectivity index (χ0) is 18.4. The van der Waals surface area contributed by atoms with Gasteiger partial charge in [0.15, 0.2) is 0 Å². The van der Waals surface area contributed by atoms with E-state index in [0.717, 1.165) is 11.3 Å². The first-order valence-electron chi connectivity index (χ1n) is 7.71. The van der Waals surface area contributed by atoms with Crippen molar-refractivity contribution >= 4 is 12.1 Å². The van der Waals surface area contributed by atoms with E-state index in [1.165, 1.54) is 24.5 Å². The van der Waals surface area contributed by atoms with Gasteiger partial charge in [-0.2, -0.15) is 5.10 Å². The summed E-state index contributed by atoms with van der Waals surface area (Å²) in [6, 6.07) is 13.0. The lowest BCUT2D eigenvalue weighted by atomic mass is 10.1. The number of benzene rings is 2. The first-order valence-corrected chi connectivity index (χ1v) is 7.71. The molecular formula is C19H15FN4O2. The van der Waals surface area contributed by atoms with Crippen LogP contribution in [0.5, 0.6) is 5.75 Å². The van der Waals surface area contributed by atoms with E-state index in [0.29, 0.717) is 11.3 Å². The van der Waals surface area contributed by atoms with Crippen LogP contribution in [0.1, 0.15) is 16.1 Å². The molecule has 3 rings (SSSR count). The van der Waals surface area contributed by atoms with Gasteiger partial charge in [0.2, 0.25) is 0 Å². The fourth-order valence-corrected chi connectivity index (χ4v) is 2.15. The number of rotatable bonds is 5. The molecule has 7 heteroatoms. The summed E-state index contributed by atoms with van der Waals surface area (Å²) in [6.45, 7) is 0. The molecule has 130 valence electrons. The van der Waals surface area contributed by atoms with Crippen molar-refractivity contribution in [3.63, 3.8) is 0 Å². The third kappa shape index (κ3) is 4.27. The van der Waals surface area contributed by atoms with Gasteiger partial charge in [-0.05, 0) is 42.0 Å². The van der Waals surface area contributed by atoms with Crippen molar-refractivity contribution in [2.45, 2.75) is 0 Å². The third-order valence-electron chi connectivity index (χ3n) is 3.50. The lowest BCUT2D eigenvalue weighted by Gasteiger charge is -2.04. The van der Waals surface area contributed by atoms with Crippen LogP contribution in [0.15, 0.2) is 66.0 Å². The van der Waals surface area contributed by atoms with E-state index in [2.05, 4.69) is 20.5 Å². The van der Waals surface area contributed by atoms with Crippen LogP contribution in [-0.2, 0) is 0 Å². The summed E-state index contributed by atoms with van der Waals surface area (Å²) in [7, 11) is 1.59. The summed E-state index contributed by atoms with van der Waals surface area (Å²) in [5.41, 5.74) is 4.53. The van der Waals surface area contributed by atoms with Crippen LogP contribution in [0.4, 0.5) is 4.39 Å². The molecule has 1 N–H and O–H groups in total. The van der Waals surface area contributed by atoms with Crippen molar-refractivity contribution in [1.82, 2.24) is 15.4 Å². The number of nitrogens with zero attached hydrogens (tertiary/aromatic N) is 3. The van der Waals surface area contributed by atoms with Gasteiger partial charge in [-0.15, -0.1) is 0 Å². The maximum Gasteiger partial charge on any atom is 0.291 e. The third-order valence-corrected chi connectivity index (χ3v) is 3.50. The monoisotopic (exact) mass is 350 g/mol. The molecule has 0 fully saturated rings. The van der Waals surface area contributed by atoms with Gasteiger partial charge in [0.1, 0.15) is 17.3 Å². The van der Waals surface area contributed by atoms with Crippen LogP contribution in [-0.4, -0.2) is 29.2 Å². The van der Waals surface area contributed by atoms with Gasteiger partial charge >= 0.3 is 0 Å². The number of aromatic nitrogens is 2. The highest BCUT2D eigenvalue weighted by Gasteiger charge is 2.09. The lowest BCUT2D eigenvalue weighted by molar-refractivity contribution is 0.0950. The number of hydrogen-bond donors (Lipinski definition) is 1. The molecule has 0 aliphatic carbocycles. The SMILES string of the molecule is COc1ccc(-c2cncc(C(=O)N/N=C/c3ccc(F)cc3)n2)cc1. The van der Waals surface area contributed by atoms with Crippen molar-refractivity contribution in [3.05, 3.63) is 78.0 Å². The van der Waals surface area contributed by atoms with Gasteiger partial charge in [0.25, 0.3) is 5.91 Å². The Balaban J connectivity index is 1.70. The number of methoxy groups -OCH3 is 1. The van der Waals surface area contributed by atoms with Crippen LogP contribution in [0.3, 0.4) is 0 Å². The topological polar surface area (TPSA) is 76.5 Å². The molecule has 0 unspecified atom stereocenters. The highest BCUT2D eigenvalue weighted by atomic mass is 19.1. The Morgan fingerprint density at radius 3 is 2.54 bits per heavy atom. The van der Waals surface area contributed by atoms with Crippen LogP contribution in [0.2, 0.25) is 0 Å². The lowest BCUT2D eigenvalue weighted by Crippen LogP contribution is -2.19. The van der Waals surface area contributed by atoms with Gasteiger partial charge in [-0.25, -0.2) is 14.8 Å². The Kier molecular flexibility index (Phi) is 5.28. The highest BCUT2D eigenvalue weighted by molar-refractivity contribution is 5.93. The van der Waals surface area contributed by atoms with E-state index in [1.54, 1.807) is 37.6 Å². The minimum Gasteiger partial charge on any atom is -0.497 e. The first-order chi connectivity index (χ1) is 12.7. The molecule has 0 saturated heterocycles. The molecule has 0 atom stereocenters. The minimum atomic E-state index is -0.494. The number of carbonyl (C=O) groups is 1. The Bertz CT molecular complexity index is 925. The number of ether oxygens (including phenoxy) is 1. The molecule has 1 amide bonds. The van der Waals surface area contributed by atoms with Crippen LogP contribution >= 0.6 is 0 Å². The summed E-state index contributed by atoms with van der Waals surface area (Å²) < 4.78 is 18.0. The van der Waals surface area contributed by atoms with Crippen molar-refractivity contribution in [3.8, 4) is 17.0 Å². The fraction of sp³-hybridized carbons (Fsp3) is 0.0526. The summed E-state index contributed by atoms with van der Waals surface area (Å²) in [6.07, 6.45) is 4.34. The molecule has 0 saturated carbocycles. The molecule has 3 aromatic rings. The van der Waals surface area contributed by atoms with E-state index in [1.807, 2.05) is 12.1 Å². The standard InChI is InChI=1S/C19H15FN4O2/c1-26-16-8-4-14(5-9-16)17-11-21-12-18(23-17)19(25)24-22-10-13-2-6-15(20)7-3-13/h2-12H,1H3,(H,24,25)/b22-10+. The molecule has 1 aromatic heterocycles. The van der Waals surface area contributed by atoms with Gasteiger partial charge in [0, 0.05) is 5.56 Å². The van der Waals surface area contributed by atoms with Crippen LogP contribution < -0.4 is 10.2 Å². The summed E-state index contributed by atoms with van der Waals surface area (Å²) in [4.78, 5) is 20.5. The molecule has 2 aromatic carbocycles. The van der Waals surface area contributed by atoms with Gasteiger partial charge in [0.05, 0.1) is 31.4 Å². The smallest absolute Gasteiger partial charge is 0.291 e. The highest BCUT2D eigenvalue weighted by Crippen LogP contribution is 2.20. The van der Waals surface area contributed by atoms with Crippen LogP contribution in [0, 0.1) is 5.82 Å². The van der Waals surface area contributed by atoms with Gasteiger partial charge in [-0.1, -0.05) is 12.1 Å². The molecule has 0 spiro atoms. The van der Waals surface area contributed by atoms with Crippen LogP contribution in [0.25, 0.3) is 11.3 Å². The molecular weight excluding hydrogens is 335 g/mol. The molecule has 6 nitrogen and oxygen atoms in total. The second-order valence-electron chi connectivity index (χ2n) is 5.27. The van der Waals surface area contributed by atoms with Crippen molar-refractivity contribution < 1.29 is 13.9 Å². The quantitative estimate of drug-likeness (QED) is 0.567. The average molecular weight is 350 g/mol. The second-order valence-corrected chi connectivity index (χ2v) is 5.27. The second kappa shape index (κ2) is 7.98. The summed E-state index contributed by atoms with van der Waals surface area (Å²) >= 11 is 0. The normalized spacial score (nSPS) is 10.7. The number of amides is 1. The van der Waals surface area contributed by atoms with Gasteiger partial charge in [-0.3, -0.25) is 9.78 Å². The van der Waals surface area contributed by atoms with Gasteiger partial charge < -0.3 is 4.74 Å². The van der Waals surface area contributed by atoms with Crippen molar-refractivity contribution in [2.24, 2.45) is 5.10 Å². The number of halogens is 1. The Morgan fingerprint density at radius 1 is 1.12 bits per heavy atom. The number of carbonyl (C=O) groups excluding carboxylic acids is 1. The summed E-state index contributed by atoms with van der Waals surface area (Å²) in [5.74, 6) is -0.103. The minimum absolute atomic E-state index is 0.134. The maximum atomic E-state index is 12.8. The Morgan fingerprint density at radius 2 is 1.85 bits per heavy atom. The molecule has 0 radical (unpaired) electrons. The van der Waals surface area contributed by atoms with E-state index in [4.69, 9.17) is 4.74 Å². The molecule has 0 bridgehead atoms. The fourth-order valence-electron chi connectivity index (χ4n) is 2.15. The molecule has 0 aliphatic heterocycles. The molecule has 26 heavy (non-hydrogen) atoms. The Hall–Kier alpha value is -3.61. The van der Waals surface area contributed by atoms with Crippen molar-refractivity contribution in [2.75, 3.05) is 7.11 Å². The molecule has 1 heterocycles. The van der Waals surface area contributed by atoms with E-state index in [-0.39, 0.29) is 11.5 Å². The number of nitrogens with one attached hydrogen (secondary N) is 1.